The lowest BCUT2D eigenvalue weighted by Crippen LogP contribution is -2.40. The number of benzene rings is 1. The highest BCUT2D eigenvalue weighted by Crippen LogP contribution is 2.19. The number of nitrogens with zero attached hydrogens (tertiary/aromatic N) is 1. The quantitative estimate of drug-likeness (QED) is 0.843. The van der Waals surface area contributed by atoms with E-state index in [4.69, 9.17) is 5.11 Å². The number of rotatable bonds is 4. The highest BCUT2D eigenvalue weighted by Gasteiger charge is 2.14. The van der Waals surface area contributed by atoms with Crippen LogP contribution in [0.1, 0.15) is 21.5 Å². The molecule has 2 aromatic rings. The third-order valence-corrected chi connectivity index (χ3v) is 3.18. The number of nitrogens with one attached hydrogen (secondary N) is 1. The largest absolute Gasteiger partial charge is 0.477 e. The van der Waals surface area contributed by atoms with E-state index in [0.717, 1.165) is 16.8 Å². The predicted octanol–water partition coefficient (Wildman–Crippen LogP) is 1.93. The molecule has 2 rings (SSSR count). The summed E-state index contributed by atoms with van der Waals surface area (Å²) in [6, 6.07) is 8.89. The predicted molar refractivity (Wildman–Crippen MR) is 78.1 cm³/mol. The first-order valence-electron chi connectivity index (χ1n) is 6.56. The number of carbonyl (C=O) groups excluding carboxylic acids is 1. The van der Waals surface area contributed by atoms with Gasteiger partial charge in [0.25, 0.3) is 5.91 Å². The second-order valence-electron chi connectivity index (χ2n) is 4.89. The standard InChI is InChI=1S/C16H16N2O3/c1-11-5-3-6-12(2)15(11)17-14(19)10-18-8-4-7-13(9-18)16(20)21/h3-9H,10H2,1-2H3,(H-,17,19,20,21)/p+1. The summed E-state index contributed by atoms with van der Waals surface area (Å²) < 4.78 is 1.55. The van der Waals surface area contributed by atoms with Gasteiger partial charge in [-0.1, -0.05) is 18.2 Å². The number of pyridine rings is 1. The molecule has 0 unspecified atom stereocenters. The van der Waals surface area contributed by atoms with Gasteiger partial charge in [0.05, 0.1) is 0 Å². The van der Waals surface area contributed by atoms with Gasteiger partial charge in [0, 0.05) is 11.8 Å². The van der Waals surface area contributed by atoms with Crippen molar-refractivity contribution < 1.29 is 19.3 Å². The molecule has 2 N–H and O–H groups in total. The first kappa shape index (κ1) is 14.7. The van der Waals surface area contributed by atoms with Crippen molar-refractivity contribution in [2.75, 3.05) is 5.32 Å². The van der Waals surface area contributed by atoms with Crippen LogP contribution in [0.15, 0.2) is 42.7 Å². The molecule has 0 saturated heterocycles. The van der Waals surface area contributed by atoms with Gasteiger partial charge in [-0.25, -0.2) is 4.79 Å². The number of carbonyl (C=O) groups is 2. The summed E-state index contributed by atoms with van der Waals surface area (Å²) in [6.07, 6.45) is 3.10. The van der Waals surface area contributed by atoms with Crippen molar-refractivity contribution in [2.24, 2.45) is 0 Å². The lowest BCUT2D eigenvalue weighted by molar-refractivity contribution is -0.684. The average Bonchev–Trinajstić information content (AvgIpc) is 2.43. The van der Waals surface area contributed by atoms with Crippen molar-refractivity contribution in [3.05, 3.63) is 59.4 Å². The summed E-state index contributed by atoms with van der Waals surface area (Å²) >= 11 is 0. The molecule has 0 bridgehead atoms. The lowest BCUT2D eigenvalue weighted by Gasteiger charge is -2.10. The minimum atomic E-state index is -1.01. The molecule has 0 saturated carbocycles. The first-order valence-corrected chi connectivity index (χ1v) is 6.56. The maximum absolute atomic E-state index is 12.1. The highest BCUT2D eigenvalue weighted by molar-refractivity contribution is 5.91. The van der Waals surface area contributed by atoms with E-state index in [1.54, 1.807) is 16.8 Å². The van der Waals surface area contributed by atoms with Gasteiger partial charge in [0.1, 0.15) is 5.56 Å². The Hall–Kier alpha value is -2.69. The number of aromatic nitrogens is 1. The molecule has 1 amide bonds. The molecule has 0 spiro atoms. The molecule has 5 heteroatoms. The number of para-hydroxylation sites is 1. The number of anilines is 1. The third kappa shape index (κ3) is 3.66. The number of amides is 1. The van der Waals surface area contributed by atoms with Crippen LogP contribution in [-0.4, -0.2) is 17.0 Å². The Kier molecular flexibility index (Phi) is 4.33. The third-order valence-electron chi connectivity index (χ3n) is 3.18. The molecular weight excluding hydrogens is 268 g/mol. The SMILES string of the molecule is Cc1cccc(C)c1NC(=O)C[n+]1cccc(C(=O)O)c1. The molecule has 0 atom stereocenters. The van der Waals surface area contributed by atoms with Gasteiger partial charge >= 0.3 is 5.97 Å². The zero-order chi connectivity index (χ0) is 15.4. The fourth-order valence-electron chi connectivity index (χ4n) is 2.10. The fourth-order valence-corrected chi connectivity index (χ4v) is 2.10. The average molecular weight is 285 g/mol. The van der Waals surface area contributed by atoms with E-state index in [1.807, 2.05) is 32.0 Å². The summed E-state index contributed by atoms with van der Waals surface area (Å²) in [5.74, 6) is -1.21. The van der Waals surface area contributed by atoms with Crippen LogP contribution in [-0.2, 0) is 11.3 Å². The van der Waals surface area contributed by atoms with Gasteiger partial charge in [-0.05, 0) is 31.0 Å². The number of hydrogen-bond donors (Lipinski definition) is 2. The molecule has 0 radical (unpaired) electrons. The number of aromatic carboxylic acids is 1. The Morgan fingerprint density at radius 2 is 1.81 bits per heavy atom. The number of hydrogen-bond acceptors (Lipinski definition) is 2. The normalized spacial score (nSPS) is 10.2. The van der Waals surface area contributed by atoms with Crippen molar-refractivity contribution >= 4 is 17.6 Å². The van der Waals surface area contributed by atoms with Crippen molar-refractivity contribution in [2.45, 2.75) is 20.4 Å². The van der Waals surface area contributed by atoms with Crippen molar-refractivity contribution in [1.29, 1.82) is 0 Å². The molecular formula is C16H17N2O3+. The van der Waals surface area contributed by atoms with E-state index in [2.05, 4.69) is 5.32 Å². The maximum atomic E-state index is 12.1. The summed E-state index contributed by atoms with van der Waals surface area (Å²) in [4.78, 5) is 23.0. The van der Waals surface area contributed by atoms with Gasteiger partial charge in [0.2, 0.25) is 6.54 Å². The van der Waals surface area contributed by atoms with Crippen LogP contribution in [0.3, 0.4) is 0 Å². The van der Waals surface area contributed by atoms with Crippen LogP contribution >= 0.6 is 0 Å². The summed E-state index contributed by atoms with van der Waals surface area (Å²) in [6.45, 7) is 3.93. The fraction of sp³-hybridized carbons (Fsp3) is 0.188. The van der Waals surface area contributed by atoms with E-state index in [1.165, 1.54) is 12.3 Å². The van der Waals surface area contributed by atoms with Crippen LogP contribution in [0, 0.1) is 13.8 Å². The van der Waals surface area contributed by atoms with Gasteiger partial charge in [0.15, 0.2) is 12.4 Å². The van der Waals surface area contributed by atoms with Crippen molar-refractivity contribution in [1.82, 2.24) is 0 Å². The van der Waals surface area contributed by atoms with E-state index in [9.17, 15) is 9.59 Å². The number of aryl methyl sites for hydroxylation is 2. The van der Waals surface area contributed by atoms with Gasteiger partial charge in [-0.3, -0.25) is 4.79 Å². The van der Waals surface area contributed by atoms with Crippen LogP contribution in [0.25, 0.3) is 0 Å². The molecule has 1 aromatic heterocycles. The molecule has 0 aliphatic rings. The molecule has 108 valence electrons. The van der Waals surface area contributed by atoms with Gasteiger partial charge in [-0.15, -0.1) is 0 Å². The van der Waals surface area contributed by atoms with Gasteiger partial charge in [-0.2, -0.15) is 4.57 Å². The van der Waals surface area contributed by atoms with Crippen molar-refractivity contribution in [3.8, 4) is 0 Å². The zero-order valence-corrected chi connectivity index (χ0v) is 12.0. The minimum Gasteiger partial charge on any atom is -0.477 e. The monoisotopic (exact) mass is 285 g/mol. The van der Waals surface area contributed by atoms with E-state index >= 15 is 0 Å². The molecule has 0 fully saturated rings. The highest BCUT2D eigenvalue weighted by atomic mass is 16.4. The molecule has 0 aliphatic carbocycles. The first-order chi connectivity index (χ1) is 9.97. The number of carboxylic acid groups (broad SMARTS) is 1. The molecule has 1 heterocycles. The van der Waals surface area contributed by atoms with Crippen LogP contribution in [0.5, 0.6) is 0 Å². The van der Waals surface area contributed by atoms with Crippen LogP contribution in [0.4, 0.5) is 5.69 Å². The Balaban J connectivity index is 2.12. The van der Waals surface area contributed by atoms with Crippen LogP contribution < -0.4 is 9.88 Å². The Morgan fingerprint density at radius 3 is 2.43 bits per heavy atom. The lowest BCUT2D eigenvalue weighted by atomic mass is 10.1. The van der Waals surface area contributed by atoms with E-state index in [-0.39, 0.29) is 18.0 Å². The minimum absolute atomic E-state index is 0.0644. The Labute approximate surface area is 122 Å². The summed E-state index contributed by atoms with van der Waals surface area (Å²) in [5.41, 5.74) is 2.94. The molecule has 1 aromatic carbocycles. The van der Waals surface area contributed by atoms with E-state index in [0.29, 0.717) is 0 Å². The summed E-state index contributed by atoms with van der Waals surface area (Å²) in [7, 11) is 0. The number of carboxylic acids is 1. The summed E-state index contributed by atoms with van der Waals surface area (Å²) in [5, 5.41) is 11.8. The van der Waals surface area contributed by atoms with E-state index < -0.39 is 5.97 Å². The zero-order valence-electron chi connectivity index (χ0n) is 12.0. The molecule has 0 aliphatic heterocycles. The van der Waals surface area contributed by atoms with Crippen molar-refractivity contribution in [3.63, 3.8) is 0 Å². The topological polar surface area (TPSA) is 70.3 Å². The second kappa shape index (κ2) is 6.17. The van der Waals surface area contributed by atoms with Crippen LogP contribution in [0.2, 0.25) is 0 Å². The second-order valence-corrected chi connectivity index (χ2v) is 4.89. The van der Waals surface area contributed by atoms with Gasteiger partial charge < -0.3 is 10.4 Å². The maximum Gasteiger partial charge on any atom is 0.341 e. The molecule has 21 heavy (non-hydrogen) atoms. The molecule has 5 nitrogen and oxygen atoms in total. The smallest absolute Gasteiger partial charge is 0.341 e. The Morgan fingerprint density at radius 1 is 1.14 bits per heavy atom. The Bertz CT molecular complexity index is 675.